The van der Waals surface area contributed by atoms with E-state index in [0.29, 0.717) is 12.6 Å². The largest absolute Gasteiger partial charge is 0.345 e. The van der Waals surface area contributed by atoms with Crippen LogP contribution in [0.4, 0.5) is 0 Å². The van der Waals surface area contributed by atoms with Crippen molar-refractivity contribution in [2.75, 3.05) is 26.7 Å². The second-order valence-corrected chi connectivity index (χ2v) is 6.08. The van der Waals surface area contributed by atoms with Crippen LogP contribution in [0.1, 0.15) is 40.0 Å². The van der Waals surface area contributed by atoms with Crippen molar-refractivity contribution in [1.29, 1.82) is 0 Å². The van der Waals surface area contributed by atoms with Crippen molar-refractivity contribution in [2.45, 2.75) is 52.1 Å². The number of carbonyl (C=O) groups is 2. The molecular formula is C15H29N3O2. The van der Waals surface area contributed by atoms with Gasteiger partial charge in [0, 0.05) is 12.6 Å². The summed E-state index contributed by atoms with van der Waals surface area (Å²) in [6.45, 7) is 7.71. The molecule has 2 N–H and O–H groups in total. The second-order valence-electron chi connectivity index (χ2n) is 6.08. The molecule has 5 nitrogen and oxygen atoms in total. The van der Waals surface area contributed by atoms with Crippen molar-refractivity contribution in [3.8, 4) is 0 Å². The third-order valence-corrected chi connectivity index (χ3v) is 3.96. The summed E-state index contributed by atoms with van der Waals surface area (Å²) in [6, 6.07) is 0.0596. The lowest BCUT2D eigenvalue weighted by Crippen LogP contribution is -2.52. The van der Waals surface area contributed by atoms with Crippen LogP contribution in [0.25, 0.3) is 0 Å². The van der Waals surface area contributed by atoms with Crippen molar-refractivity contribution < 1.29 is 9.59 Å². The maximum atomic E-state index is 12.2. The first-order valence-corrected chi connectivity index (χ1v) is 7.64. The molecule has 0 aromatic carbocycles. The predicted octanol–water partition coefficient (Wildman–Crippen LogP) is 0.790. The van der Waals surface area contributed by atoms with E-state index in [1.54, 1.807) is 0 Å². The number of carbonyl (C=O) groups excluding carboxylic acids is 2. The van der Waals surface area contributed by atoms with Crippen LogP contribution in [-0.4, -0.2) is 55.4 Å². The fraction of sp³-hybridized carbons (Fsp3) is 0.867. The van der Waals surface area contributed by atoms with Crippen molar-refractivity contribution in [1.82, 2.24) is 15.5 Å². The molecule has 0 aromatic heterocycles. The minimum Gasteiger partial charge on any atom is -0.345 e. The molecular weight excluding hydrogens is 254 g/mol. The maximum Gasteiger partial charge on any atom is 0.234 e. The van der Waals surface area contributed by atoms with Crippen LogP contribution in [0.15, 0.2) is 0 Å². The number of nitrogens with one attached hydrogen (secondary N) is 2. The highest BCUT2D eigenvalue weighted by Crippen LogP contribution is 2.16. The number of ketones is 1. The standard InChI is InChI=1S/C15H29N3O2/c1-11(2)15(12(3)19)17-14(20)10-18-8-6-5-7-13(18)9-16-4/h11,13,15-16H,5-10H2,1-4H3,(H,17,20). The van der Waals surface area contributed by atoms with Crippen LogP contribution < -0.4 is 10.6 Å². The number of nitrogens with zero attached hydrogens (tertiary/aromatic N) is 1. The highest BCUT2D eigenvalue weighted by molar-refractivity contribution is 5.88. The van der Waals surface area contributed by atoms with Crippen LogP contribution in [0.5, 0.6) is 0 Å². The highest BCUT2D eigenvalue weighted by atomic mass is 16.2. The number of likely N-dealkylation sites (tertiary alicyclic amines) is 1. The molecule has 1 aliphatic rings. The van der Waals surface area contributed by atoms with E-state index < -0.39 is 0 Å². The summed E-state index contributed by atoms with van der Waals surface area (Å²) in [5.74, 6) is 0.117. The van der Waals surface area contributed by atoms with E-state index in [1.807, 2.05) is 20.9 Å². The van der Waals surface area contributed by atoms with E-state index in [2.05, 4.69) is 15.5 Å². The van der Waals surface area contributed by atoms with Gasteiger partial charge in [-0.25, -0.2) is 0 Å². The van der Waals surface area contributed by atoms with Gasteiger partial charge >= 0.3 is 0 Å². The summed E-state index contributed by atoms with van der Waals surface area (Å²) in [4.78, 5) is 25.9. The van der Waals surface area contributed by atoms with E-state index >= 15 is 0 Å². The fourth-order valence-electron chi connectivity index (χ4n) is 2.88. The van der Waals surface area contributed by atoms with Crippen molar-refractivity contribution in [2.24, 2.45) is 5.92 Å². The Morgan fingerprint density at radius 1 is 1.30 bits per heavy atom. The van der Waals surface area contributed by atoms with Gasteiger partial charge < -0.3 is 10.6 Å². The van der Waals surface area contributed by atoms with Gasteiger partial charge in [0.25, 0.3) is 0 Å². The van der Waals surface area contributed by atoms with Crippen molar-refractivity contribution >= 4 is 11.7 Å². The highest BCUT2D eigenvalue weighted by Gasteiger charge is 2.26. The number of likely N-dealkylation sites (N-methyl/N-ethyl adjacent to an activating group) is 1. The molecule has 20 heavy (non-hydrogen) atoms. The van der Waals surface area contributed by atoms with Gasteiger partial charge in [0.15, 0.2) is 5.78 Å². The molecule has 1 fully saturated rings. The normalized spacial score (nSPS) is 21.8. The summed E-state index contributed by atoms with van der Waals surface area (Å²) in [6.07, 6.45) is 3.51. The SMILES string of the molecule is CNCC1CCCCN1CC(=O)NC(C(C)=O)C(C)C. The first-order valence-electron chi connectivity index (χ1n) is 7.64. The number of hydrogen-bond donors (Lipinski definition) is 2. The van der Waals surface area contributed by atoms with Crippen molar-refractivity contribution in [3.05, 3.63) is 0 Å². The lowest BCUT2D eigenvalue weighted by Gasteiger charge is -2.35. The Kier molecular flexibility index (Phi) is 7.16. The molecule has 0 aromatic rings. The number of amides is 1. The van der Waals surface area contributed by atoms with E-state index in [-0.39, 0.29) is 23.7 Å². The average molecular weight is 283 g/mol. The monoisotopic (exact) mass is 283 g/mol. The zero-order valence-corrected chi connectivity index (χ0v) is 13.2. The quantitative estimate of drug-likeness (QED) is 0.725. The van der Waals surface area contributed by atoms with E-state index in [0.717, 1.165) is 25.9 Å². The molecule has 1 aliphatic heterocycles. The van der Waals surface area contributed by atoms with E-state index in [4.69, 9.17) is 0 Å². The predicted molar refractivity (Wildman–Crippen MR) is 80.6 cm³/mol. The fourth-order valence-corrected chi connectivity index (χ4v) is 2.88. The number of hydrogen-bond acceptors (Lipinski definition) is 4. The Morgan fingerprint density at radius 3 is 2.55 bits per heavy atom. The molecule has 1 rings (SSSR count). The van der Waals surface area contributed by atoms with Crippen molar-refractivity contribution in [3.63, 3.8) is 0 Å². The van der Waals surface area contributed by atoms with Crippen LogP contribution in [0.3, 0.4) is 0 Å². The molecule has 0 aliphatic carbocycles. The first-order chi connectivity index (χ1) is 9.45. The molecule has 116 valence electrons. The summed E-state index contributed by atoms with van der Waals surface area (Å²) in [7, 11) is 1.94. The Balaban J connectivity index is 2.52. The molecule has 0 radical (unpaired) electrons. The van der Waals surface area contributed by atoms with Crippen LogP contribution in [0.2, 0.25) is 0 Å². The minimum absolute atomic E-state index is 0.0266. The number of rotatable bonds is 7. The molecule has 0 bridgehead atoms. The summed E-state index contributed by atoms with van der Waals surface area (Å²) < 4.78 is 0. The Labute approximate surface area is 122 Å². The third kappa shape index (κ3) is 5.21. The lowest BCUT2D eigenvalue weighted by atomic mass is 10.00. The topological polar surface area (TPSA) is 61.4 Å². The van der Waals surface area contributed by atoms with Gasteiger partial charge in [-0.3, -0.25) is 14.5 Å². The first kappa shape index (κ1) is 17.1. The molecule has 1 heterocycles. The molecule has 1 saturated heterocycles. The zero-order valence-electron chi connectivity index (χ0n) is 13.2. The second kappa shape index (κ2) is 8.37. The molecule has 5 heteroatoms. The molecule has 2 atom stereocenters. The summed E-state index contributed by atoms with van der Waals surface area (Å²) in [5, 5.41) is 6.07. The molecule has 0 saturated carbocycles. The summed E-state index contributed by atoms with van der Waals surface area (Å²) in [5.41, 5.74) is 0. The van der Waals surface area contributed by atoms with Crippen LogP contribution in [0, 0.1) is 5.92 Å². The number of Topliss-reactive ketones (excluding diaryl/α,β-unsaturated/α-hetero) is 1. The van der Waals surface area contributed by atoms with Crippen LogP contribution >= 0.6 is 0 Å². The summed E-state index contributed by atoms with van der Waals surface area (Å²) >= 11 is 0. The smallest absolute Gasteiger partial charge is 0.234 e. The zero-order chi connectivity index (χ0) is 15.1. The molecule has 1 amide bonds. The molecule has 0 spiro atoms. The van der Waals surface area contributed by atoms with E-state index in [1.165, 1.54) is 13.3 Å². The Morgan fingerprint density at radius 2 is 2.00 bits per heavy atom. The van der Waals surface area contributed by atoms with Gasteiger partial charge in [0.2, 0.25) is 5.91 Å². The van der Waals surface area contributed by atoms with Gasteiger partial charge in [0.05, 0.1) is 12.6 Å². The van der Waals surface area contributed by atoms with Gasteiger partial charge in [-0.2, -0.15) is 0 Å². The third-order valence-electron chi connectivity index (χ3n) is 3.96. The average Bonchev–Trinajstić information content (AvgIpc) is 2.38. The number of piperidine rings is 1. The van der Waals surface area contributed by atoms with E-state index in [9.17, 15) is 9.59 Å². The van der Waals surface area contributed by atoms with Gasteiger partial charge in [-0.1, -0.05) is 20.3 Å². The molecule has 2 unspecified atom stereocenters. The van der Waals surface area contributed by atoms with Crippen LogP contribution in [-0.2, 0) is 9.59 Å². The van der Waals surface area contributed by atoms with Gasteiger partial charge in [0.1, 0.15) is 0 Å². The Hall–Kier alpha value is -0.940. The van der Waals surface area contributed by atoms with Gasteiger partial charge in [-0.15, -0.1) is 0 Å². The minimum atomic E-state index is -0.366. The Bertz CT molecular complexity index is 329. The van der Waals surface area contributed by atoms with Gasteiger partial charge in [-0.05, 0) is 39.3 Å². The lowest BCUT2D eigenvalue weighted by molar-refractivity contribution is -0.129. The maximum absolute atomic E-state index is 12.2.